The lowest BCUT2D eigenvalue weighted by molar-refractivity contribution is 0.368. The van der Waals surface area contributed by atoms with Crippen LogP contribution in [0.15, 0.2) is 36.5 Å². The Balaban J connectivity index is 1.86. The van der Waals surface area contributed by atoms with Crippen LogP contribution in [0.4, 0.5) is 0 Å². The maximum absolute atomic E-state index is 4.44. The molecule has 1 heterocycles. The third-order valence-corrected chi connectivity index (χ3v) is 4.80. The average Bonchev–Trinajstić information content (AvgIpc) is 2.39. The standard InChI is InChI=1S/C16H18BrN/c17-14-5-3-4-12(11-14)10-13-8-9-18-16-7-2-1-6-15(13)16/h1-2,6-9,12,14H,3-5,10-11H2. The highest BCUT2D eigenvalue weighted by Crippen LogP contribution is 2.32. The van der Waals surface area contributed by atoms with Gasteiger partial charge >= 0.3 is 0 Å². The van der Waals surface area contributed by atoms with E-state index >= 15 is 0 Å². The van der Waals surface area contributed by atoms with Gasteiger partial charge in [-0.15, -0.1) is 0 Å². The van der Waals surface area contributed by atoms with E-state index in [0.717, 1.165) is 16.3 Å². The van der Waals surface area contributed by atoms with Gasteiger partial charge in [0, 0.05) is 16.4 Å². The van der Waals surface area contributed by atoms with Crippen LogP contribution in [0.5, 0.6) is 0 Å². The van der Waals surface area contributed by atoms with Gasteiger partial charge in [0.1, 0.15) is 0 Å². The highest BCUT2D eigenvalue weighted by Gasteiger charge is 2.20. The van der Waals surface area contributed by atoms with Crippen molar-refractivity contribution in [1.82, 2.24) is 4.98 Å². The lowest BCUT2D eigenvalue weighted by Crippen LogP contribution is -2.17. The van der Waals surface area contributed by atoms with Crippen LogP contribution in [0.2, 0.25) is 0 Å². The van der Waals surface area contributed by atoms with E-state index in [-0.39, 0.29) is 0 Å². The second-order valence-electron chi connectivity index (χ2n) is 5.32. The first-order valence-electron chi connectivity index (χ1n) is 6.79. The summed E-state index contributed by atoms with van der Waals surface area (Å²) in [5.74, 6) is 0.828. The molecule has 0 amide bonds. The van der Waals surface area contributed by atoms with E-state index in [1.54, 1.807) is 0 Å². The summed E-state index contributed by atoms with van der Waals surface area (Å²) in [6.07, 6.45) is 8.55. The Morgan fingerprint density at radius 2 is 2.06 bits per heavy atom. The minimum Gasteiger partial charge on any atom is -0.256 e. The first kappa shape index (κ1) is 12.2. The SMILES string of the molecule is BrC1CCCC(Cc2ccnc3ccccc23)C1. The van der Waals surface area contributed by atoms with Gasteiger partial charge in [0.2, 0.25) is 0 Å². The van der Waals surface area contributed by atoms with Crippen molar-refractivity contribution in [3.8, 4) is 0 Å². The monoisotopic (exact) mass is 303 g/mol. The van der Waals surface area contributed by atoms with E-state index in [1.807, 2.05) is 6.20 Å². The summed E-state index contributed by atoms with van der Waals surface area (Å²) in [4.78, 5) is 5.17. The van der Waals surface area contributed by atoms with E-state index in [9.17, 15) is 0 Å². The van der Waals surface area contributed by atoms with E-state index in [2.05, 4.69) is 51.2 Å². The summed E-state index contributed by atoms with van der Waals surface area (Å²) in [5.41, 5.74) is 2.59. The molecule has 94 valence electrons. The number of rotatable bonds is 2. The zero-order valence-corrected chi connectivity index (χ0v) is 12.1. The normalized spacial score (nSPS) is 24.3. The van der Waals surface area contributed by atoms with Crippen molar-refractivity contribution >= 4 is 26.8 Å². The number of halogens is 1. The molecule has 1 nitrogen and oxygen atoms in total. The van der Waals surface area contributed by atoms with Crippen molar-refractivity contribution in [3.63, 3.8) is 0 Å². The van der Waals surface area contributed by atoms with Gasteiger partial charge in [-0.25, -0.2) is 0 Å². The zero-order chi connectivity index (χ0) is 12.4. The molecule has 2 heteroatoms. The number of aromatic nitrogens is 1. The molecule has 0 spiro atoms. The maximum Gasteiger partial charge on any atom is 0.0704 e. The minimum atomic E-state index is 0.726. The molecule has 1 fully saturated rings. The molecule has 18 heavy (non-hydrogen) atoms. The largest absolute Gasteiger partial charge is 0.256 e. The molecular weight excluding hydrogens is 286 g/mol. The smallest absolute Gasteiger partial charge is 0.0704 e. The Morgan fingerprint density at radius 1 is 1.17 bits per heavy atom. The second-order valence-corrected chi connectivity index (χ2v) is 6.62. The summed E-state index contributed by atoms with van der Waals surface area (Å²) >= 11 is 3.78. The van der Waals surface area contributed by atoms with E-state index < -0.39 is 0 Å². The molecule has 0 N–H and O–H groups in total. The number of alkyl halides is 1. The van der Waals surface area contributed by atoms with Crippen LogP contribution < -0.4 is 0 Å². The van der Waals surface area contributed by atoms with Crippen molar-refractivity contribution in [3.05, 3.63) is 42.1 Å². The van der Waals surface area contributed by atoms with Crippen LogP contribution in [0, 0.1) is 5.92 Å². The summed E-state index contributed by atoms with van der Waals surface area (Å²) in [7, 11) is 0. The molecule has 2 unspecified atom stereocenters. The van der Waals surface area contributed by atoms with Gasteiger partial charge in [0.25, 0.3) is 0 Å². The van der Waals surface area contributed by atoms with Crippen molar-refractivity contribution in [2.75, 3.05) is 0 Å². The van der Waals surface area contributed by atoms with Gasteiger partial charge in [-0.2, -0.15) is 0 Å². The van der Waals surface area contributed by atoms with Crippen LogP contribution in [0.25, 0.3) is 10.9 Å². The van der Waals surface area contributed by atoms with Crippen LogP contribution in [0.3, 0.4) is 0 Å². The Kier molecular flexibility index (Phi) is 3.64. The number of benzene rings is 1. The molecule has 0 bridgehead atoms. The molecule has 1 aromatic heterocycles. The van der Waals surface area contributed by atoms with Crippen LogP contribution in [-0.4, -0.2) is 9.81 Å². The third kappa shape index (κ3) is 2.59. The highest BCUT2D eigenvalue weighted by molar-refractivity contribution is 9.09. The highest BCUT2D eigenvalue weighted by atomic mass is 79.9. The Bertz CT molecular complexity index is 532. The molecule has 0 saturated heterocycles. The first-order chi connectivity index (χ1) is 8.83. The summed E-state index contributed by atoms with van der Waals surface area (Å²) < 4.78 is 0. The molecule has 1 aliphatic carbocycles. The zero-order valence-electron chi connectivity index (χ0n) is 10.5. The molecule has 3 rings (SSSR count). The van der Waals surface area contributed by atoms with Gasteiger partial charge in [-0.05, 0) is 42.9 Å². The Hall–Kier alpha value is -0.890. The summed E-state index contributed by atoms with van der Waals surface area (Å²) in [6.45, 7) is 0. The summed E-state index contributed by atoms with van der Waals surface area (Å²) in [6, 6.07) is 10.7. The fourth-order valence-electron chi connectivity index (χ4n) is 3.05. The van der Waals surface area contributed by atoms with Gasteiger partial charge in [0.15, 0.2) is 0 Å². The van der Waals surface area contributed by atoms with Crippen molar-refractivity contribution in [1.29, 1.82) is 0 Å². The molecule has 0 radical (unpaired) electrons. The molecule has 1 saturated carbocycles. The lowest BCUT2D eigenvalue weighted by Gasteiger charge is -2.26. The van der Waals surface area contributed by atoms with Crippen LogP contribution in [-0.2, 0) is 6.42 Å². The minimum absolute atomic E-state index is 0.726. The van der Waals surface area contributed by atoms with E-state index in [4.69, 9.17) is 0 Å². The van der Waals surface area contributed by atoms with Gasteiger partial charge in [-0.1, -0.05) is 47.0 Å². The number of pyridine rings is 1. The fourth-order valence-corrected chi connectivity index (χ4v) is 3.91. The van der Waals surface area contributed by atoms with Crippen molar-refractivity contribution < 1.29 is 0 Å². The van der Waals surface area contributed by atoms with Gasteiger partial charge in [0.05, 0.1) is 5.52 Å². The van der Waals surface area contributed by atoms with Crippen LogP contribution in [0.1, 0.15) is 31.2 Å². The predicted octanol–water partition coefficient (Wildman–Crippen LogP) is 4.73. The van der Waals surface area contributed by atoms with Crippen molar-refractivity contribution in [2.24, 2.45) is 5.92 Å². The van der Waals surface area contributed by atoms with Gasteiger partial charge < -0.3 is 0 Å². The quantitative estimate of drug-likeness (QED) is 0.731. The second kappa shape index (κ2) is 5.40. The van der Waals surface area contributed by atoms with Gasteiger partial charge in [-0.3, -0.25) is 4.98 Å². The number of nitrogens with zero attached hydrogens (tertiary/aromatic N) is 1. The molecule has 1 aliphatic rings. The number of hydrogen-bond acceptors (Lipinski definition) is 1. The molecular formula is C16H18BrN. The average molecular weight is 304 g/mol. The Morgan fingerprint density at radius 3 is 2.94 bits per heavy atom. The van der Waals surface area contributed by atoms with E-state index in [1.165, 1.54) is 43.1 Å². The first-order valence-corrected chi connectivity index (χ1v) is 7.71. The van der Waals surface area contributed by atoms with Crippen LogP contribution >= 0.6 is 15.9 Å². The fraction of sp³-hybridized carbons (Fsp3) is 0.438. The topological polar surface area (TPSA) is 12.9 Å². The van der Waals surface area contributed by atoms with Crippen molar-refractivity contribution in [2.45, 2.75) is 36.9 Å². The third-order valence-electron chi connectivity index (χ3n) is 3.97. The molecule has 0 aliphatic heterocycles. The summed E-state index contributed by atoms with van der Waals surface area (Å²) in [5, 5.41) is 1.33. The number of para-hydroxylation sites is 1. The number of fused-ring (bicyclic) bond motifs is 1. The lowest BCUT2D eigenvalue weighted by atomic mass is 9.84. The predicted molar refractivity (Wildman–Crippen MR) is 80.1 cm³/mol. The molecule has 1 aromatic carbocycles. The maximum atomic E-state index is 4.44. The van der Waals surface area contributed by atoms with E-state index in [0.29, 0.717) is 0 Å². The number of hydrogen-bond donors (Lipinski definition) is 0. The Labute approximate surface area is 117 Å². The molecule has 2 atom stereocenters. The molecule has 2 aromatic rings.